The third kappa shape index (κ3) is 4.98. The highest BCUT2D eigenvalue weighted by atomic mass is 16.1. The van der Waals surface area contributed by atoms with Crippen molar-refractivity contribution in [3.63, 3.8) is 0 Å². The first-order valence-corrected chi connectivity index (χ1v) is 10.2. The van der Waals surface area contributed by atoms with E-state index >= 15 is 0 Å². The van der Waals surface area contributed by atoms with Gasteiger partial charge in [0, 0.05) is 48.0 Å². The van der Waals surface area contributed by atoms with E-state index in [0.717, 1.165) is 28.7 Å². The van der Waals surface area contributed by atoms with E-state index in [0.29, 0.717) is 23.8 Å². The van der Waals surface area contributed by atoms with E-state index in [1.54, 1.807) is 30.9 Å². The molecule has 0 aliphatic rings. The minimum Gasteiger partial charge on any atom is -0.348 e. The van der Waals surface area contributed by atoms with Crippen molar-refractivity contribution < 1.29 is 4.79 Å². The SMILES string of the molecule is CCc1ccc(-c2cc(C(=O)NCc3cnc(C)nc3)cc(-c3ncccn3)c2)cc1. The summed E-state index contributed by atoms with van der Waals surface area (Å²) in [7, 11) is 0. The normalized spacial score (nSPS) is 10.6. The molecule has 154 valence electrons. The van der Waals surface area contributed by atoms with Gasteiger partial charge in [-0.25, -0.2) is 19.9 Å². The molecule has 0 saturated heterocycles. The Morgan fingerprint density at radius 2 is 1.52 bits per heavy atom. The summed E-state index contributed by atoms with van der Waals surface area (Å²) in [5.41, 5.74) is 5.43. The van der Waals surface area contributed by atoms with Gasteiger partial charge in [-0.15, -0.1) is 0 Å². The van der Waals surface area contributed by atoms with Gasteiger partial charge >= 0.3 is 0 Å². The summed E-state index contributed by atoms with van der Waals surface area (Å²) in [6.07, 6.45) is 7.81. The second-order valence-corrected chi connectivity index (χ2v) is 7.24. The number of hydrogen-bond donors (Lipinski definition) is 1. The molecule has 0 spiro atoms. The lowest BCUT2D eigenvalue weighted by Crippen LogP contribution is -2.23. The summed E-state index contributed by atoms with van der Waals surface area (Å²) < 4.78 is 0. The van der Waals surface area contributed by atoms with Crippen molar-refractivity contribution in [2.75, 3.05) is 0 Å². The number of benzene rings is 2. The number of aromatic nitrogens is 4. The molecule has 0 atom stereocenters. The van der Waals surface area contributed by atoms with Crippen LogP contribution in [0, 0.1) is 6.92 Å². The first-order chi connectivity index (χ1) is 15.1. The van der Waals surface area contributed by atoms with Crippen molar-refractivity contribution in [3.8, 4) is 22.5 Å². The number of rotatable bonds is 6. The predicted octanol–water partition coefficient (Wildman–Crippen LogP) is 4.40. The zero-order chi connectivity index (χ0) is 21.6. The van der Waals surface area contributed by atoms with Crippen molar-refractivity contribution in [2.45, 2.75) is 26.8 Å². The Bertz CT molecular complexity index is 1170. The van der Waals surface area contributed by atoms with Crippen LogP contribution < -0.4 is 5.32 Å². The number of nitrogens with one attached hydrogen (secondary N) is 1. The molecule has 1 N–H and O–H groups in total. The molecule has 2 aromatic heterocycles. The molecule has 0 aliphatic carbocycles. The Kier molecular flexibility index (Phi) is 6.08. The minimum atomic E-state index is -0.176. The maximum Gasteiger partial charge on any atom is 0.251 e. The van der Waals surface area contributed by atoms with Crippen LogP contribution in [0.15, 0.2) is 73.3 Å². The van der Waals surface area contributed by atoms with E-state index in [-0.39, 0.29) is 5.91 Å². The summed E-state index contributed by atoms with van der Waals surface area (Å²) in [5, 5.41) is 2.95. The Morgan fingerprint density at radius 1 is 0.839 bits per heavy atom. The van der Waals surface area contributed by atoms with Crippen molar-refractivity contribution in [2.24, 2.45) is 0 Å². The highest BCUT2D eigenvalue weighted by molar-refractivity contribution is 5.97. The lowest BCUT2D eigenvalue weighted by atomic mass is 9.97. The second-order valence-electron chi connectivity index (χ2n) is 7.24. The minimum absolute atomic E-state index is 0.176. The molecule has 0 radical (unpaired) electrons. The lowest BCUT2D eigenvalue weighted by Gasteiger charge is -2.11. The van der Waals surface area contributed by atoms with Crippen molar-refractivity contribution in [1.82, 2.24) is 25.3 Å². The summed E-state index contributed by atoms with van der Waals surface area (Å²) in [6.45, 7) is 4.31. The van der Waals surface area contributed by atoms with Crippen LogP contribution in [-0.4, -0.2) is 25.8 Å². The van der Waals surface area contributed by atoms with Gasteiger partial charge in [-0.05, 0) is 54.3 Å². The maximum atomic E-state index is 13.0. The van der Waals surface area contributed by atoms with Crippen LogP contribution in [0.1, 0.15) is 34.2 Å². The Labute approximate surface area is 181 Å². The van der Waals surface area contributed by atoms with E-state index in [9.17, 15) is 4.79 Å². The number of aryl methyl sites for hydroxylation is 2. The second kappa shape index (κ2) is 9.26. The van der Waals surface area contributed by atoms with Crippen LogP contribution in [0.25, 0.3) is 22.5 Å². The zero-order valence-corrected chi connectivity index (χ0v) is 17.5. The molecule has 4 rings (SSSR count). The van der Waals surface area contributed by atoms with E-state index in [1.807, 2.05) is 25.1 Å². The van der Waals surface area contributed by atoms with Gasteiger partial charge < -0.3 is 5.32 Å². The summed E-state index contributed by atoms with van der Waals surface area (Å²) in [6, 6.07) is 15.9. The standard InChI is InChI=1S/C25H23N5O/c1-3-18-5-7-20(8-6-18)21-11-22(24-26-9-4-10-27-24)13-23(12-21)25(31)30-16-19-14-28-17(2)29-15-19/h4-15H,3,16H2,1-2H3,(H,30,31). The average molecular weight is 409 g/mol. The molecule has 31 heavy (non-hydrogen) atoms. The molecule has 2 heterocycles. The summed E-state index contributed by atoms with van der Waals surface area (Å²) in [4.78, 5) is 30.0. The van der Waals surface area contributed by atoms with Gasteiger partial charge in [0.1, 0.15) is 5.82 Å². The quantitative estimate of drug-likeness (QED) is 0.510. The zero-order valence-electron chi connectivity index (χ0n) is 17.5. The Morgan fingerprint density at radius 3 is 2.19 bits per heavy atom. The molecule has 0 aliphatic heterocycles. The van der Waals surface area contributed by atoms with Crippen molar-refractivity contribution in [1.29, 1.82) is 0 Å². The van der Waals surface area contributed by atoms with Crippen LogP contribution >= 0.6 is 0 Å². The number of amides is 1. The van der Waals surface area contributed by atoms with Gasteiger partial charge in [-0.2, -0.15) is 0 Å². The molecular weight excluding hydrogens is 386 g/mol. The molecule has 1 amide bonds. The fourth-order valence-corrected chi connectivity index (χ4v) is 3.23. The van der Waals surface area contributed by atoms with Crippen LogP contribution in [0.2, 0.25) is 0 Å². The van der Waals surface area contributed by atoms with Crippen molar-refractivity contribution >= 4 is 5.91 Å². The molecule has 0 unspecified atom stereocenters. The van der Waals surface area contributed by atoms with E-state index in [1.165, 1.54) is 5.56 Å². The molecule has 4 aromatic rings. The van der Waals surface area contributed by atoms with Gasteiger partial charge in [-0.1, -0.05) is 31.2 Å². The third-order valence-corrected chi connectivity index (χ3v) is 5.00. The number of carbonyl (C=O) groups is 1. The monoisotopic (exact) mass is 409 g/mol. The van der Waals surface area contributed by atoms with E-state index in [4.69, 9.17) is 0 Å². The van der Waals surface area contributed by atoms with Gasteiger partial charge in [0.25, 0.3) is 5.91 Å². The van der Waals surface area contributed by atoms with Crippen LogP contribution in [-0.2, 0) is 13.0 Å². The Hall–Kier alpha value is -3.93. The molecule has 0 bridgehead atoms. The van der Waals surface area contributed by atoms with Gasteiger partial charge in [0.05, 0.1) is 0 Å². The summed E-state index contributed by atoms with van der Waals surface area (Å²) >= 11 is 0. The van der Waals surface area contributed by atoms with Crippen LogP contribution in [0.3, 0.4) is 0 Å². The first-order valence-electron chi connectivity index (χ1n) is 10.2. The summed E-state index contributed by atoms with van der Waals surface area (Å²) in [5.74, 6) is 1.10. The molecule has 0 saturated carbocycles. The van der Waals surface area contributed by atoms with Gasteiger partial charge in [0.2, 0.25) is 0 Å². The molecule has 2 aromatic carbocycles. The third-order valence-electron chi connectivity index (χ3n) is 5.00. The number of carbonyl (C=O) groups excluding carboxylic acids is 1. The van der Waals surface area contributed by atoms with Crippen LogP contribution in [0.4, 0.5) is 0 Å². The molecular formula is C25H23N5O. The van der Waals surface area contributed by atoms with Gasteiger partial charge in [-0.3, -0.25) is 4.79 Å². The van der Waals surface area contributed by atoms with E-state index < -0.39 is 0 Å². The molecule has 6 heteroatoms. The number of hydrogen-bond acceptors (Lipinski definition) is 5. The highest BCUT2D eigenvalue weighted by Crippen LogP contribution is 2.27. The van der Waals surface area contributed by atoms with Crippen LogP contribution in [0.5, 0.6) is 0 Å². The molecule has 6 nitrogen and oxygen atoms in total. The number of nitrogens with zero attached hydrogens (tertiary/aromatic N) is 4. The fraction of sp³-hybridized carbons (Fsp3) is 0.160. The molecule has 0 fully saturated rings. The largest absolute Gasteiger partial charge is 0.348 e. The lowest BCUT2D eigenvalue weighted by molar-refractivity contribution is 0.0951. The topological polar surface area (TPSA) is 80.7 Å². The smallest absolute Gasteiger partial charge is 0.251 e. The average Bonchev–Trinajstić information content (AvgIpc) is 2.84. The van der Waals surface area contributed by atoms with Gasteiger partial charge in [0.15, 0.2) is 5.82 Å². The van der Waals surface area contributed by atoms with E-state index in [2.05, 4.69) is 56.4 Å². The fourth-order valence-electron chi connectivity index (χ4n) is 3.23. The maximum absolute atomic E-state index is 13.0. The predicted molar refractivity (Wildman–Crippen MR) is 120 cm³/mol. The Balaban J connectivity index is 1.66. The first kappa shape index (κ1) is 20.3. The highest BCUT2D eigenvalue weighted by Gasteiger charge is 2.12. The van der Waals surface area contributed by atoms with Crippen molar-refractivity contribution in [3.05, 3.63) is 95.8 Å².